The van der Waals surface area contributed by atoms with Crippen molar-refractivity contribution in [2.75, 3.05) is 5.32 Å². The van der Waals surface area contributed by atoms with Crippen molar-refractivity contribution in [1.82, 2.24) is 29.5 Å². The van der Waals surface area contributed by atoms with Crippen LogP contribution < -0.4 is 5.32 Å². The molecule has 4 aromatic heterocycles. The molecule has 0 spiro atoms. The van der Waals surface area contributed by atoms with E-state index < -0.39 is 5.82 Å². The molecule has 4 rings (SSSR count). The van der Waals surface area contributed by atoms with Crippen LogP contribution >= 0.6 is 0 Å². The summed E-state index contributed by atoms with van der Waals surface area (Å²) in [6.45, 7) is 4.04. The van der Waals surface area contributed by atoms with E-state index in [1.54, 1.807) is 18.6 Å². The molecule has 0 aliphatic rings. The largest absolute Gasteiger partial charge is 0.352 e. The van der Waals surface area contributed by atoms with Crippen molar-refractivity contribution in [2.24, 2.45) is 0 Å². The number of anilines is 1. The third kappa shape index (κ3) is 2.28. The fourth-order valence-corrected chi connectivity index (χ4v) is 2.51. The molecule has 4 aromatic rings. The van der Waals surface area contributed by atoms with Crippen molar-refractivity contribution in [3.8, 4) is 11.1 Å². The molecular formula is C15H14FN7. The predicted octanol–water partition coefficient (Wildman–Crippen LogP) is 2.63. The fraction of sp³-hybridized carbons (Fsp3) is 0.200. The summed E-state index contributed by atoms with van der Waals surface area (Å²) in [4.78, 5) is 15.7. The van der Waals surface area contributed by atoms with E-state index in [9.17, 15) is 4.39 Å². The molecule has 0 unspecified atom stereocenters. The molecule has 0 saturated carbocycles. The van der Waals surface area contributed by atoms with Crippen molar-refractivity contribution in [3.63, 3.8) is 0 Å². The van der Waals surface area contributed by atoms with Crippen molar-refractivity contribution >= 4 is 22.6 Å². The Labute approximate surface area is 130 Å². The molecule has 0 fully saturated rings. The Hall–Kier alpha value is -3.03. The second kappa shape index (κ2) is 5.01. The second-order valence-corrected chi connectivity index (χ2v) is 5.56. The molecule has 4 heterocycles. The van der Waals surface area contributed by atoms with Crippen LogP contribution in [0.15, 0.2) is 31.0 Å². The Bertz CT molecular complexity index is 1000. The number of hydrogen-bond donors (Lipinski definition) is 2. The summed E-state index contributed by atoms with van der Waals surface area (Å²) in [5.41, 5.74) is 2.39. The zero-order valence-electron chi connectivity index (χ0n) is 12.6. The quantitative estimate of drug-likeness (QED) is 0.607. The molecule has 0 saturated heterocycles. The highest BCUT2D eigenvalue weighted by molar-refractivity contribution is 5.93. The van der Waals surface area contributed by atoms with Crippen LogP contribution in [-0.4, -0.2) is 35.6 Å². The Morgan fingerprint density at radius 3 is 3.00 bits per heavy atom. The maximum atomic E-state index is 14.1. The van der Waals surface area contributed by atoms with Gasteiger partial charge in [0.15, 0.2) is 11.5 Å². The molecule has 23 heavy (non-hydrogen) atoms. The summed E-state index contributed by atoms with van der Waals surface area (Å²) in [6.07, 6.45) is 6.57. The van der Waals surface area contributed by atoms with E-state index >= 15 is 0 Å². The minimum atomic E-state index is -0.423. The second-order valence-electron chi connectivity index (χ2n) is 5.56. The van der Waals surface area contributed by atoms with Crippen LogP contribution in [0.3, 0.4) is 0 Å². The van der Waals surface area contributed by atoms with Crippen molar-refractivity contribution < 1.29 is 4.39 Å². The van der Waals surface area contributed by atoms with Gasteiger partial charge < -0.3 is 10.3 Å². The minimum absolute atomic E-state index is 0.202. The zero-order chi connectivity index (χ0) is 16.0. The van der Waals surface area contributed by atoms with Gasteiger partial charge in [0.1, 0.15) is 12.0 Å². The minimum Gasteiger partial charge on any atom is -0.352 e. The highest BCUT2D eigenvalue weighted by Crippen LogP contribution is 2.28. The van der Waals surface area contributed by atoms with Gasteiger partial charge in [-0.2, -0.15) is 10.1 Å². The van der Waals surface area contributed by atoms with E-state index in [1.807, 2.05) is 13.8 Å². The van der Waals surface area contributed by atoms with Gasteiger partial charge in [0.05, 0.1) is 0 Å². The van der Waals surface area contributed by atoms with E-state index in [0.717, 1.165) is 10.9 Å². The van der Waals surface area contributed by atoms with E-state index in [2.05, 4.69) is 30.4 Å². The van der Waals surface area contributed by atoms with E-state index in [1.165, 1.54) is 16.9 Å². The molecule has 0 aromatic carbocycles. The zero-order valence-corrected chi connectivity index (χ0v) is 12.6. The van der Waals surface area contributed by atoms with Crippen LogP contribution in [0.1, 0.15) is 13.8 Å². The van der Waals surface area contributed by atoms with Crippen molar-refractivity contribution in [3.05, 3.63) is 36.8 Å². The fourth-order valence-electron chi connectivity index (χ4n) is 2.51. The smallest absolute Gasteiger partial charge is 0.224 e. The van der Waals surface area contributed by atoms with Gasteiger partial charge in [0, 0.05) is 41.1 Å². The first-order chi connectivity index (χ1) is 11.1. The van der Waals surface area contributed by atoms with E-state index in [4.69, 9.17) is 0 Å². The van der Waals surface area contributed by atoms with Crippen LogP contribution in [-0.2, 0) is 0 Å². The van der Waals surface area contributed by atoms with Gasteiger partial charge >= 0.3 is 0 Å². The Morgan fingerprint density at radius 1 is 1.30 bits per heavy atom. The number of nitrogens with one attached hydrogen (secondary N) is 2. The van der Waals surface area contributed by atoms with E-state index in [0.29, 0.717) is 17.2 Å². The lowest BCUT2D eigenvalue weighted by molar-refractivity contribution is 0.628. The van der Waals surface area contributed by atoms with Crippen LogP contribution in [0, 0.1) is 5.82 Å². The number of aromatic amines is 1. The Balaban J connectivity index is 1.84. The molecular weight excluding hydrogens is 297 g/mol. The van der Waals surface area contributed by atoms with Crippen LogP contribution in [0.25, 0.3) is 27.8 Å². The summed E-state index contributed by atoms with van der Waals surface area (Å²) < 4.78 is 15.5. The molecule has 0 aliphatic heterocycles. The summed E-state index contributed by atoms with van der Waals surface area (Å²) in [5.74, 6) is 0.132. The van der Waals surface area contributed by atoms with E-state index in [-0.39, 0.29) is 11.7 Å². The van der Waals surface area contributed by atoms with Crippen LogP contribution in [0.5, 0.6) is 0 Å². The lowest BCUT2D eigenvalue weighted by Gasteiger charge is -2.07. The Kier molecular flexibility index (Phi) is 2.97. The third-order valence-electron chi connectivity index (χ3n) is 3.49. The van der Waals surface area contributed by atoms with Gasteiger partial charge in [-0.15, -0.1) is 0 Å². The number of H-pyrrole nitrogens is 1. The summed E-state index contributed by atoms with van der Waals surface area (Å²) >= 11 is 0. The number of rotatable bonds is 3. The molecule has 0 bridgehead atoms. The highest BCUT2D eigenvalue weighted by atomic mass is 19.1. The van der Waals surface area contributed by atoms with Crippen molar-refractivity contribution in [2.45, 2.75) is 19.9 Å². The highest BCUT2D eigenvalue weighted by Gasteiger charge is 2.13. The number of fused-ring (bicyclic) bond motifs is 2. The van der Waals surface area contributed by atoms with Crippen LogP contribution in [0.2, 0.25) is 0 Å². The van der Waals surface area contributed by atoms with Gasteiger partial charge in [-0.05, 0) is 19.9 Å². The van der Waals surface area contributed by atoms with Gasteiger partial charge in [-0.3, -0.25) is 0 Å². The van der Waals surface area contributed by atoms with Gasteiger partial charge in [-0.25, -0.2) is 18.9 Å². The first kappa shape index (κ1) is 13.6. The van der Waals surface area contributed by atoms with Gasteiger partial charge in [-0.1, -0.05) is 0 Å². The molecule has 0 amide bonds. The molecule has 8 heteroatoms. The number of halogens is 1. The number of aromatic nitrogens is 6. The average molecular weight is 311 g/mol. The molecule has 0 aliphatic carbocycles. The molecule has 0 atom stereocenters. The topological polar surface area (TPSA) is 83.8 Å². The monoisotopic (exact) mass is 311 g/mol. The predicted molar refractivity (Wildman–Crippen MR) is 84.6 cm³/mol. The average Bonchev–Trinajstić information content (AvgIpc) is 3.12. The van der Waals surface area contributed by atoms with Gasteiger partial charge in [0.2, 0.25) is 5.95 Å². The normalized spacial score (nSPS) is 11.7. The number of nitrogens with zero attached hydrogens (tertiary/aromatic N) is 5. The number of pyridine rings is 1. The third-order valence-corrected chi connectivity index (χ3v) is 3.49. The molecule has 7 nitrogen and oxygen atoms in total. The number of hydrogen-bond acceptors (Lipinski definition) is 5. The molecule has 2 N–H and O–H groups in total. The summed E-state index contributed by atoms with van der Waals surface area (Å²) in [7, 11) is 0. The SMILES string of the molecule is CC(C)Nc1ncc2c(-c3cc(F)c4ncnn4c3)c[nH]c2n1. The molecule has 116 valence electrons. The summed E-state index contributed by atoms with van der Waals surface area (Å²) in [6, 6.07) is 1.68. The Morgan fingerprint density at radius 2 is 2.17 bits per heavy atom. The van der Waals surface area contributed by atoms with Crippen molar-refractivity contribution in [1.29, 1.82) is 0 Å². The van der Waals surface area contributed by atoms with Crippen LogP contribution in [0.4, 0.5) is 10.3 Å². The lowest BCUT2D eigenvalue weighted by Crippen LogP contribution is -2.12. The molecule has 0 radical (unpaired) electrons. The maximum Gasteiger partial charge on any atom is 0.224 e. The first-order valence-corrected chi connectivity index (χ1v) is 7.22. The summed E-state index contributed by atoms with van der Waals surface area (Å²) in [5, 5.41) is 7.96. The van der Waals surface area contributed by atoms with Gasteiger partial charge in [0.25, 0.3) is 0 Å². The maximum absolute atomic E-state index is 14.1. The standard InChI is InChI=1S/C15H14FN7/c1-8(2)21-15-18-5-11-10(4-17-13(11)22-15)9-3-12(16)14-19-7-20-23(14)6-9/h3-8H,1-2H3,(H2,17,18,21,22). The lowest BCUT2D eigenvalue weighted by atomic mass is 10.1. The first-order valence-electron chi connectivity index (χ1n) is 7.22.